The van der Waals surface area contributed by atoms with Gasteiger partial charge in [0.05, 0.1) is 6.54 Å². The maximum atomic E-state index is 13.5. The summed E-state index contributed by atoms with van der Waals surface area (Å²) in [5.41, 5.74) is 1.91. The molecule has 1 saturated carbocycles. The Morgan fingerprint density at radius 3 is 2.81 bits per heavy atom. The highest BCUT2D eigenvalue weighted by Gasteiger charge is 2.20. The van der Waals surface area contributed by atoms with Crippen LogP contribution in [0.4, 0.5) is 9.18 Å². The number of nitrogens with one attached hydrogen (secondary N) is 1. The number of hydrogen-bond acceptors (Lipinski definition) is 1. The fraction of sp³-hybridized carbons (Fsp3) is 0.409. The smallest absolute Gasteiger partial charge is 0.318 e. The highest BCUT2D eigenvalue weighted by atomic mass is 19.1. The molecule has 4 nitrogen and oxygen atoms in total. The van der Waals surface area contributed by atoms with Crippen molar-refractivity contribution in [3.05, 3.63) is 72.3 Å². The summed E-state index contributed by atoms with van der Waals surface area (Å²) in [5, 5.41) is 3.17. The third-order valence-electron chi connectivity index (χ3n) is 5.09. The monoisotopic (exact) mass is 369 g/mol. The van der Waals surface area contributed by atoms with E-state index in [0.29, 0.717) is 19.6 Å². The number of halogens is 1. The molecule has 1 aliphatic carbocycles. The molecule has 5 heteroatoms. The predicted octanol–water partition coefficient (Wildman–Crippen LogP) is 4.71. The van der Waals surface area contributed by atoms with Crippen LogP contribution in [0.3, 0.4) is 0 Å². The van der Waals surface area contributed by atoms with Gasteiger partial charge < -0.3 is 14.8 Å². The third-order valence-corrected chi connectivity index (χ3v) is 5.09. The first-order chi connectivity index (χ1) is 13.2. The van der Waals surface area contributed by atoms with Gasteiger partial charge in [0.25, 0.3) is 0 Å². The molecular formula is C22H28FN3O. The minimum atomic E-state index is -0.235. The molecule has 1 aromatic carbocycles. The van der Waals surface area contributed by atoms with Crippen LogP contribution >= 0.6 is 0 Å². The van der Waals surface area contributed by atoms with Crippen molar-refractivity contribution in [1.29, 1.82) is 0 Å². The van der Waals surface area contributed by atoms with Crippen molar-refractivity contribution in [2.75, 3.05) is 6.54 Å². The molecule has 0 aliphatic heterocycles. The molecule has 1 fully saturated rings. The second kappa shape index (κ2) is 9.40. The number of aromatic nitrogens is 1. The van der Waals surface area contributed by atoms with Crippen molar-refractivity contribution in [1.82, 2.24) is 14.8 Å². The van der Waals surface area contributed by atoms with Gasteiger partial charge in [-0.05, 0) is 42.7 Å². The topological polar surface area (TPSA) is 37.3 Å². The summed E-state index contributed by atoms with van der Waals surface area (Å²) in [7, 11) is 0. The van der Waals surface area contributed by atoms with Crippen LogP contribution in [0.25, 0.3) is 0 Å². The number of amides is 2. The number of rotatable bonds is 7. The number of urea groups is 1. The van der Waals surface area contributed by atoms with E-state index < -0.39 is 0 Å². The van der Waals surface area contributed by atoms with E-state index in [9.17, 15) is 9.18 Å². The minimum Gasteiger partial charge on any atom is -0.345 e. The first kappa shape index (κ1) is 19.2. The van der Waals surface area contributed by atoms with Gasteiger partial charge in [-0.3, -0.25) is 0 Å². The third kappa shape index (κ3) is 5.46. The van der Waals surface area contributed by atoms with E-state index >= 15 is 0 Å². The van der Waals surface area contributed by atoms with Crippen LogP contribution in [0.5, 0.6) is 0 Å². The zero-order valence-electron chi connectivity index (χ0n) is 15.7. The van der Waals surface area contributed by atoms with Crippen LogP contribution in [-0.2, 0) is 13.1 Å². The lowest BCUT2D eigenvalue weighted by Gasteiger charge is -2.28. The van der Waals surface area contributed by atoms with Crippen molar-refractivity contribution < 1.29 is 9.18 Å². The minimum absolute atomic E-state index is 0.0414. The van der Waals surface area contributed by atoms with E-state index in [-0.39, 0.29) is 17.9 Å². The van der Waals surface area contributed by atoms with Gasteiger partial charge in [0.1, 0.15) is 5.82 Å². The van der Waals surface area contributed by atoms with E-state index in [1.54, 1.807) is 23.1 Å². The van der Waals surface area contributed by atoms with E-state index in [0.717, 1.165) is 24.1 Å². The summed E-state index contributed by atoms with van der Waals surface area (Å²) in [6, 6.07) is 10.8. The first-order valence-corrected chi connectivity index (χ1v) is 9.70. The van der Waals surface area contributed by atoms with Gasteiger partial charge in [0.15, 0.2) is 0 Å². The lowest BCUT2D eigenvalue weighted by Crippen LogP contribution is -2.45. The molecule has 0 saturated heterocycles. The quantitative estimate of drug-likeness (QED) is 0.706. The standard InChI is InChI=1S/C22H28FN3O/c1-2-13-26(22(27)24-20-10-4-3-5-11-20)17-21-12-7-14-25(21)16-18-8-6-9-19(23)15-18/h2,6-9,12,14-15,20H,1,3-5,10-11,13,16-17H2,(H,24,27). The van der Waals surface area contributed by atoms with Crippen LogP contribution in [0.2, 0.25) is 0 Å². The van der Waals surface area contributed by atoms with Crippen LogP contribution < -0.4 is 5.32 Å². The summed E-state index contributed by atoms with van der Waals surface area (Å²) in [6.45, 7) is 5.35. The molecule has 0 radical (unpaired) electrons. The van der Waals surface area contributed by atoms with Crippen LogP contribution in [0.15, 0.2) is 55.3 Å². The van der Waals surface area contributed by atoms with Crippen molar-refractivity contribution in [2.45, 2.75) is 51.2 Å². The number of hydrogen-bond donors (Lipinski definition) is 1. The van der Waals surface area contributed by atoms with Crippen molar-refractivity contribution >= 4 is 6.03 Å². The van der Waals surface area contributed by atoms with Crippen molar-refractivity contribution in [3.63, 3.8) is 0 Å². The van der Waals surface area contributed by atoms with Gasteiger partial charge >= 0.3 is 6.03 Å². The summed E-state index contributed by atoms with van der Waals surface area (Å²) < 4.78 is 15.5. The lowest BCUT2D eigenvalue weighted by molar-refractivity contribution is 0.192. The van der Waals surface area contributed by atoms with Gasteiger partial charge in [-0.25, -0.2) is 9.18 Å². The molecule has 1 aromatic heterocycles. The van der Waals surface area contributed by atoms with Gasteiger partial charge in [0, 0.05) is 31.0 Å². The second-order valence-corrected chi connectivity index (χ2v) is 7.21. The Morgan fingerprint density at radius 1 is 1.26 bits per heavy atom. The molecule has 3 rings (SSSR count). The van der Waals surface area contributed by atoms with Crippen LogP contribution in [-0.4, -0.2) is 28.1 Å². The maximum absolute atomic E-state index is 13.5. The van der Waals surface area contributed by atoms with Gasteiger partial charge in [-0.15, -0.1) is 6.58 Å². The SMILES string of the molecule is C=CCN(Cc1cccn1Cc1cccc(F)c1)C(=O)NC1CCCCC1. The number of carbonyl (C=O) groups excluding carboxylic acids is 1. The van der Waals surface area contributed by atoms with Gasteiger partial charge in [-0.1, -0.05) is 37.5 Å². The van der Waals surface area contributed by atoms with Crippen molar-refractivity contribution in [3.8, 4) is 0 Å². The molecule has 27 heavy (non-hydrogen) atoms. The molecule has 0 atom stereocenters. The normalized spacial score (nSPS) is 14.7. The Bertz CT molecular complexity index is 764. The van der Waals surface area contributed by atoms with Crippen LogP contribution in [0.1, 0.15) is 43.4 Å². The van der Waals surface area contributed by atoms with Gasteiger partial charge in [0.2, 0.25) is 0 Å². The predicted molar refractivity (Wildman–Crippen MR) is 106 cm³/mol. The van der Waals surface area contributed by atoms with Gasteiger partial charge in [-0.2, -0.15) is 0 Å². The van der Waals surface area contributed by atoms with E-state index in [4.69, 9.17) is 0 Å². The molecule has 1 N–H and O–H groups in total. The molecule has 2 amide bonds. The Hall–Kier alpha value is -2.56. The average molecular weight is 369 g/mol. The summed E-state index contributed by atoms with van der Waals surface area (Å²) in [5.74, 6) is -0.235. The molecule has 0 bridgehead atoms. The Labute approximate surface area is 160 Å². The molecule has 1 aliphatic rings. The summed E-state index contributed by atoms with van der Waals surface area (Å²) in [4.78, 5) is 14.5. The average Bonchev–Trinajstić information content (AvgIpc) is 3.09. The Kier molecular flexibility index (Phi) is 6.69. The molecule has 1 heterocycles. The first-order valence-electron chi connectivity index (χ1n) is 9.70. The Balaban J connectivity index is 1.66. The fourth-order valence-electron chi connectivity index (χ4n) is 3.66. The molecular weight excluding hydrogens is 341 g/mol. The zero-order valence-corrected chi connectivity index (χ0v) is 15.7. The summed E-state index contributed by atoms with van der Waals surface area (Å²) in [6.07, 6.45) is 9.46. The second-order valence-electron chi connectivity index (χ2n) is 7.21. The summed E-state index contributed by atoms with van der Waals surface area (Å²) >= 11 is 0. The van der Waals surface area contributed by atoms with E-state index in [2.05, 4.69) is 16.5 Å². The maximum Gasteiger partial charge on any atom is 0.318 e. The number of benzene rings is 1. The zero-order chi connectivity index (χ0) is 19.1. The highest BCUT2D eigenvalue weighted by molar-refractivity contribution is 5.74. The molecule has 0 spiro atoms. The van der Waals surface area contributed by atoms with Crippen LogP contribution in [0, 0.1) is 5.82 Å². The molecule has 0 unspecified atom stereocenters. The number of carbonyl (C=O) groups is 1. The lowest BCUT2D eigenvalue weighted by atomic mass is 9.96. The van der Waals surface area contributed by atoms with Crippen molar-refractivity contribution in [2.24, 2.45) is 0 Å². The van der Waals surface area contributed by atoms with E-state index in [1.807, 2.05) is 24.4 Å². The fourth-order valence-corrected chi connectivity index (χ4v) is 3.66. The Morgan fingerprint density at radius 2 is 2.07 bits per heavy atom. The van der Waals surface area contributed by atoms with E-state index in [1.165, 1.54) is 25.3 Å². The molecule has 2 aromatic rings. The highest BCUT2D eigenvalue weighted by Crippen LogP contribution is 2.18. The molecule has 144 valence electrons. The number of nitrogens with zero attached hydrogens (tertiary/aromatic N) is 2. The largest absolute Gasteiger partial charge is 0.345 e.